The van der Waals surface area contributed by atoms with Gasteiger partial charge in [0.15, 0.2) is 6.10 Å². The van der Waals surface area contributed by atoms with Crippen LogP contribution in [0.2, 0.25) is 0 Å². The van der Waals surface area contributed by atoms with Gasteiger partial charge in [-0.25, -0.2) is 0 Å². The Kier molecular flexibility index (Phi) is 58.0. The third-order valence-corrected chi connectivity index (χ3v) is 12.3. The van der Waals surface area contributed by atoms with E-state index in [1.807, 2.05) is 6.08 Å². The first kappa shape index (κ1) is 70.3. The molecule has 0 spiro atoms. The van der Waals surface area contributed by atoms with Crippen molar-refractivity contribution in [2.75, 3.05) is 13.2 Å². The molecule has 0 amide bonds. The minimum atomic E-state index is -0.829. The van der Waals surface area contributed by atoms with Gasteiger partial charge in [0, 0.05) is 19.3 Å². The summed E-state index contributed by atoms with van der Waals surface area (Å²) in [5, 5.41) is 0. The Morgan fingerprint density at radius 3 is 0.893 bits per heavy atom. The Morgan fingerprint density at radius 2 is 0.547 bits per heavy atom. The second-order valence-electron chi connectivity index (χ2n) is 19.5. The highest BCUT2D eigenvalue weighted by Crippen LogP contribution is 2.13. The predicted molar refractivity (Wildman–Crippen MR) is 325 cm³/mol. The van der Waals surface area contributed by atoms with Gasteiger partial charge >= 0.3 is 17.9 Å². The highest BCUT2D eigenvalue weighted by molar-refractivity contribution is 5.71. The minimum Gasteiger partial charge on any atom is -0.462 e. The normalized spacial score (nSPS) is 13.2. The average molecular weight is 1040 g/mol. The highest BCUT2D eigenvalue weighted by Gasteiger charge is 2.19. The summed E-state index contributed by atoms with van der Waals surface area (Å²) >= 11 is 0. The molecule has 0 bridgehead atoms. The topological polar surface area (TPSA) is 78.9 Å². The molecule has 0 fully saturated rings. The molecule has 6 nitrogen and oxygen atoms in total. The van der Waals surface area contributed by atoms with E-state index in [0.29, 0.717) is 12.8 Å². The van der Waals surface area contributed by atoms with Gasteiger partial charge in [0.1, 0.15) is 13.2 Å². The molecule has 0 unspecified atom stereocenters. The molecule has 6 heteroatoms. The lowest BCUT2D eigenvalue weighted by Crippen LogP contribution is -2.30. The molecule has 0 N–H and O–H groups in total. The first-order valence-corrected chi connectivity index (χ1v) is 30.3. The van der Waals surface area contributed by atoms with Crippen molar-refractivity contribution in [3.8, 4) is 0 Å². The van der Waals surface area contributed by atoms with Gasteiger partial charge in [0.2, 0.25) is 0 Å². The average Bonchev–Trinajstić information content (AvgIpc) is 3.41. The van der Waals surface area contributed by atoms with E-state index in [2.05, 4.69) is 161 Å². The Balaban J connectivity index is 4.58. The molecule has 0 aliphatic heterocycles. The Hall–Kier alpha value is -4.71. The predicted octanol–water partition coefficient (Wildman–Crippen LogP) is 20.8. The molecule has 0 aromatic heterocycles. The number of ether oxygens (including phenoxy) is 3. The van der Waals surface area contributed by atoms with Crippen molar-refractivity contribution in [1.82, 2.24) is 0 Å². The van der Waals surface area contributed by atoms with Crippen molar-refractivity contribution in [2.24, 2.45) is 0 Å². The number of carbonyl (C=O) groups is 3. The first-order chi connectivity index (χ1) is 37.0. The zero-order valence-corrected chi connectivity index (χ0v) is 48.3. The molecule has 0 aliphatic rings. The first-order valence-electron chi connectivity index (χ1n) is 30.3. The molecule has 0 rings (SSSR count). The highest BCUT2D eigenvalue weighted by atomic mass is 16.6. The fraction of sp³-hybridized carbons (Fsp3) is 0.609. The number of esters is 3. The van der Waals surface area contributed by atoms with Gasteiger partial charge in [-0.15, -0.1) is 0 Å². The smallest absolute Gasteiger partial charge is 0.306 e. The summed E-state index contributed by atoms with van der Waals surface area (Å²) in [6, 6.07) is 0. The molecule has 0 saturated carbocycles. The Bertz CT molecular complexity index is 1660. The van der Waals surface area contributed by atoms with Crippen molar-refractivity contribution >= 4 is 17.9 Å². The summed E-state index contributed by atoms with van der Waals surface area (Å²) in [6.45, 7) is 6.38. The van der Waals surface area contributed by atoms with Crippen molar-refractivity contribution in [3.63, 3.8) is 0 Å². The van der Waals surface area contributed by atoms with Gasteiger partial charge in [-0.05, 0) is 135 Å². The van der Waals surface area contributed by atoms with Crippen LogP contribution in [0.4, 0.5) is 0 Å². The van der Waals surface area contributed by atoms with E-state index in [4.69, 9.17) is 14.2 Å². The molecule has 0 aliphatic carbocycles. The van der Waals surface area contributed by atoms with Crippen LogP contribution in [0.15, 0.2) is 146 Å². The van der Waals surface area contributed by atoms with Crippen molar-refractivity contribution in [1.29, 1.82) is 0 Å². The summed E-state index contributed by atoms with van der Waals surface area (Å²) < 4.78 is 16.8. The maximum atomic E-state index is 12.9. The zero-order valence-electron chi connectivity index (χ0n) is 48.3. The van der Waals surface area contributed by atoms with Crippen LogP contribution < -0.4 is 0 Å². The van der Waals surface area contributed by atoms with Gasteiger partial charge in [0.05, 0.1) is 0 Å². The molecular weight excluding hydrogens is 925 g/mol. The maximum Gasteiger partial charge on any atom is 0.306 e. The van der Waals surface area contributed by atoms with Crippen LogP contribution in [0, 0.1) is 0 Å². The van der Waals surface area contributed by atoms with Crippen molar-refractivity contribution in [3.05, 3.63) is 146 Å². The van der Waals surface area contributed by atoms with E-state index in [1.165, 1.54) is 77.0 Å². The van der Waals surface area contributed by atoms with Gasteiger partial charge in [-0.3, -0.25) is 14.4 Å². The molecule has 0 aromatic rings. The number of rotatable bonds is 53. The van der Waals surface area contributed by atoms with Crippen molar-refractivity contribution in [2.45, 2.75) is 258 Å². The summed E-state index contributed by atoms with van der Waals surface area (Å²) in [5.41, 5.74) is 0. The standard InChI is InChI=1S/C69H110O6/c1-4-7-10-13-16-19-22-25-28-31-34-37-40-43-46-49-52-55-58-61-67(70)73-64-66(75-69(72)63-60-57-54-51-48-45-42-39-36-33-30-27-24-21-18-15-12-9-6-3)65-74-68(71)62-59-56-53-50-47-44-41-38-35-32-29-26-23-20-17-14-11-8-5-2/h7,10,16-21,25-30,34-39,43,46,52,55,66H,4-6,8-9,11-15,22-24,31-33,40-42,44-45,47-51,53-54,56-65H2,1-3H3/b10-7-,19-16-,20-17-,21-18-,28-25-,29-26-,30-27-,37-34-,38-35-,39-36-,46-43-,55-52-/t66-/m0/s1. The molecule has 75 heavy (non-hydrogen) atoms. The number of hydrogen-bond donors (Lipinski definition) is 0. The van der Waals surface area contributed by atoms with E-state index in [0.717, 1.165) is 128 Å². The molecule has 1 atom stereocenters. The van der Waals surface area contributed by atoms with E-state index < -0.39 is 6.10 Å². The number of carbonyl (C=O) groups excluding carboxylic acids is 3. The van der Waals surface area contributed by atoms with E-state index in [9.17, 15) is 14.4 Å². The van der Waals surface area contributed by atoms with Crippen LogP contribution in [0.1, 0.15) is 252 Å². The summed E-state index contributed by atoms with van der Waals surface area (Å²) in [7, 11) is 0. The Labute approximate surface area is 461 Å². The molecule has 0 aromatic carbocycles. The van der Waals surface area contributed by atoms with Crippen LogP contribution in [0.5, 0.6) is 0 Å². The number of hydrogen-bond acceptors (Lipinski definition) is 6. The summed E-state index contributed by atoms with van der Waals surface area (Å²) in [5.74, 6) is -1.03. The van der Waals surface area contributed by atoms with Crippen LogP contribution in [-0.2, 0) is 28.6 Å². The van der Waals surface area contributed by atoms with Crippen LogP contribution in [0.25, 0.3) is 0 Å². The number of unbranched alkanes of at least 4 members (excludes halogenated alkanes) is 18. The quantitative estimate of drug-likeness (QED) is 0.0261. The van der Waals surface area contributed by atoms with Gasteiger partial charge < -0.3 is 14.2 Å². The molecule has 422 valence electrons. The lowest BCUT2D eigenvalue weighted by atomic mass is 10.1. The Morgan fingerprint density at radius 1 is 0.280 bits per heavy atom. The van der Waals surface area contributed by atoms with E-state index in [1.54, 1.807) is 0 Å². The molecule has 0 heterocycles. The van der Waals surface area contributed by atoms with Crippen molar-refractivity contribution < 1.29 is 28.6 Å². The second-order valence-corrected chi connectivity index (χ2v) is 19.5. The molecule has 0 radical (unpaired) electrons. The second kappa shape index (κ2) is 61.8. The third kappa shape index (κ3) is 60.0. The monoisotopic (exact) mass is 1030 g/mol. The fourth-order valence-electron chi connectivity index (χ4n) is 7.78. The third-order valence-electron chi connectivity index (χ3n) is 12.3. The van der Waals surface area contributed by atoms with Gasteiger partial charge in [-0.2, -0.15) is 0 Å². The van der Waals surface area contributed by atoms with E-state index >= 15 is 0 Å². The van der Waals surface area contributed by atoms with E-state index in [-0.39, 0.29) is 44.0 Å². The van der Waals surface area contributed by atoms with Crippen LogP contribution in [-0.4, -0.2) is 37.2 Å². The lowest BCUT2D eigenvalue weighted by Gasteiger charge is -2.18. The lowest BCUT2D eigenvalue weighted by molar-refractivity contribution is -0.166. The summed E-state index contributed by atoms with van der Waals surface area (Å²) in [6.07, 6.45) is 88.4. The minimum absolute atomic E-state index is 0.119. The van der Waals surface area contributed by atoms with Gasteiger partial charge in [0.25, 0.3) is 0 Å². The zero-order chi connectivity index (χ0) is 54.3. The molecule has 0 saturated heterocycles. The maximum absolute atomic E-state index is 12.9. The fourth-order valence-corrected chi connectivity index (χ4v) is 7.78. The van der Waals surface area contributed by atoms with Crippen LogP contribution in [0.3, 0.4) is 0 Å². The van der Waals surface area contributed by atoms with Gasteiger partial charge in [-0.1, -0.05) is 244 Å². The largest absolute Gasteiger partial charge is 0.462 e. The molecular formula is C69H110O6. The SMILES string of the molecule is CC/C=C\C/C=C\C/C=C\C/C=C\C/C=C\C/C=C\CCC(=O)OC[C@@H](COC(=O)CCCCCCCC/C=C\C/C=C\C/C=C\CCCCC)OC(=O)CCCCCCCC/C=C\C/C=C\C/C=C\CCCCC. The summed E-state index contributed by atoms with van der Waals surface area (Å²) in [4.78, 5) is 38.3. The van der Waals surface area contributed by atoms with Crippen LogP contribution >= 0.6 is 0 Å². The number of allylic oxidation sites excluding steroid dienone is 24.